The molecule has 0 radical (unpaired) electrons. The van der Waals surface area contributed by atoms with Gasteiger partial charge in [-0.25, -0.2) is 8.78 Å². The van der Waals surface area contributed by atoms with Crippen molar-refractivity contribution in [1.82, 2.24) is 0 Å². The van der Waals surface area contributed by atoms with Gasteiger partial charge in [0.25, 0.3) is 6.47 Å². The summed E-state index contributed by atoms with van der Waals surface area (Å²) in [6, 6.07) is 121. The van der Waals surface area contributed by atoms with Crippen molar-refractivity contribution < 1.29 is 89.7 Å². The fourth-order valence-electron chi connectivity index (χ4n) is 12.4. The molecule has 15 rings (SSSR count). The number of carbonyl (C=O) groups is 1. The minimum atomic E-state index is -0.548. The average Bonchev–Trinajstić information content (AvgIpc) is 0.804. The Hall–Kier alpha value is -8.70. The molecule has 0 fully saturated rings. The Morgan fingerprint density at radius 2 is 0.541 bits per heavy atom. The second kappa shape index (κ2) is 42.8. The number of phenolic OH excluding ortho intramolecular Hbond substituents is 1. The first-order valence-corrected chi connectivity index (χ1v) is 52.4. The van der Waals surface area contributed by atoms with Gasteiger partial charge in [-0.2, -0.15) is 0 Å². The van der Waals surface area contributed by atoms with Crippen LogP contribution in [0.15, 0.2) is 364 Å². The van der Waals surface area contributed by atoms with Crippen LogP contribution in [0.5, 0.6) is 28.7 Å². The van der Waals surface area contributed by atoms with Gasteiger partial charge in [0.1, 0.15) is 40.4 Å². The Morgan fingerprint density at radius 1 is 0.297 bits per heavy atom. The average molecular weight is 1540 g/mol. The molecular weight excluding hydrogens is 1460 g/mol. The monoisotopic (exact) mass is 1540 g/mol. The van der Waals surface area contributed by atoms with Crippen LogP contribution in [0.2, 0.25) is 0 Å². The minimum absolute atomic E-state index is 0. The molecule has 0 aromatic heterocycles. The fourth-order valence-corrected chi connectivity index (χ4v) is 12.4. The first-order chi connectivity index (χ1) is 53.6. The summed E-state index contributed by atoms with van der Waals surface area (Å²) in [4.78, 5) is 17.9. The van der Waals surface area contributed by atoms with Gasteiger partial charge in [-0.15, -0.1) is 0 Å². The van der Waals surface area contributed by atoms with Gasteiger partial charge >= 0.3 is 115 Å². The number of halogens is 2. The van der Waals surface area contributed by atoms with Crippen molar-refractivity contribution in [2.45, 2.75) is 41.5 Å². The third-order valence-electron chi connectivity index (χ3n) is 18.0. The molecule has 0 saturated carbocycles. The number of carbonyl (C=O) groups excluding carboxylic acids is 1. The molecule has 0 aliphatic heterocycles. The molecule has 0 amide bonds. The second-order valence-corrected chi connectivity index (χ2v) is 26.1. The molecule has 0 atom stereocenters. The van der Waals surface area contributed by atoms with Crippen LogP contribution < -0.4 is 80.8 Å². The topological polar surface area (TPSA) is 97.8 Å². The van der Waals surface area contributed by atoms with Gasteiger partial charge in [0.05, 0.1) is 0 Å². The molecule has 0 unspecified atom stereocenters. The summed E-state index contributed by atoms with van der Waals surface area (Å²) in [5, 5.41) is 18.2. The van der Waals surface area contributed by atoms with E-state index >= 15 is 0 Å². The molecule has 0 aliphatic rings. The Morgan fingerprint density at radius 3 is 0.802 bits per heavy atom. The molecule has 0 bridgehead atoms. The van der Waals surface area contributed by atoms with Gasteiger partial charge in [-0.05, 0) is 185 Å². The predicted octanol–water partition coefficient (Wildman–Crippen LogP) is 22.2. The third kappa shape index (κ3) is 23.5. The summed E-state index contributed by atoms with van der Waals surface area (Å²) in [5.41, 5.74) is 22.9. The molecule has 0 spiro atoms. The molecule has 111 heavy (non-hydrogen) atoms. The quantitative estimate of drug-likeness (QED) is 0.0390. The Kier molecular flexibility index (Phi) is 32.7. The summed E-state index contributed by atoms with van der Waals surface area (Å²) >= 11 is 2.50. The Bertz CT molecular complexity index is 5030. The third-order valence-corrected chi connectivity index (χ3v) is 18.0. The molecule has 0 aliphatic carbocycles. The van der Waals surface area contributed by atoms with Crippen molar-refractivity contribution in [3.63, 3.8) is 0 Å². The van der Waals surface area contributed by atoms with E-state index in [0.717, 1.165) is 90.6 Å². The van der Waals surface area contributed by atoms with Gasteiger partial charge in [0.2, 0.25) is 0 Å². The predicted molar refractivity (Wildman–Crippen MR) is 447 cm³/mol. The fraction of sp³-hybridized carbons (Fsp3) is 0.0619. The van der Waals surface area contributed by atoms with E-state index in [1.807, 2.05) is 103 Å². The zero-order chi connectivity index (χ0) is 77.3. The molecule has 1 N–H and O–H groups in total. The first kappa shape index (κ1) is 84.7. The summed E-state index contributed by atoms with van der Waals surface area (Å²) in [6.45, 7) is 12.4. The number of nitrogens with zero attached hydrogens (tertiary/aromatic N) is 3. The van der Waals surface area contributed by atoms with E-state index in [1.165, 1.54) is 96.5 Å². The summed E-state index contributed by atoms with van der Waals surface area (Å²) < 4.78 is 42.0. The number of aromatic hydroxyl groups is 1. The van der Waals surface area contributed by atoms with Gasteiger partial charge in [-0.3, -0.25) is 4.79 Å². The van der Waals surface area contributed by atoms with E-state index in [-0.39, 0.29) is 63.6 Å². The summed E-state index contributed by atoms with van der Waals surface area (Å²) in [6.07, 6.45) is 0. The van der Waals surface area contributed by atoms with Crippen LogP contribution in [0.25, 0.3) is 44.5 Å². The van der Waals surface area contributed by atoms with E-state index in [4.69, 9.17) is 19.5 Å². The number of rotatable bonds is 18. The molecule has 14 heteroatoms. The molecule has 536 valence electrons. The van der Waals surface area contributed by atoms with Crippen LogP contribution in [0.1, 0.15) is 33.4 Å². The summed E-state index contributed by atoms with van der Waals surface area (Å²) in [5.74, 6) is 1.94. The number of benzene rings is 15. The van der Waals surface area contributed by atoms with Crippen LogP contribution in [0, 0.1) is 53.2 Å². The van der Waals surface area contributed by atoms with Gasteiger partial charge in [0.15, 0.2) is 0 Å². The maximum atomic E-state index is 14.0. The van der Waals surface area contributed by atoms with E-state index in [2.05, 4.69) is 298 Å². The maximum absolute atomic E-state index is 14.0. The normalized spacial score (nSPS) is 10.3. The van der Waals surface area contributed by atoms with E-state index < -0.39 is 11.6 Å². The van der Waals surface area contributed by atoms with Crippen LogP contribution in [0.3, 0.4) is 0 Å². The van der Waals surface area contributed by atoms with Crippen LogP contribution in [0.4, 0.5) is 60.0 Å². The van der Waals surface area contributed by atoms with Crippen molar-refractivity contribution in [3.8, 4) is 73.3 Å². The first-order valence-electron chi connectivity index (χ1n) is 36.4. The van der Waals surface area contributed by atoms with Crippen molar-refractivity contribution in [2.75, 3.05) is 14.7 Å². The number of ether oxygens (including phenoxy) is 2. The van der Waals surface area contributed by atoms with E-state index in [1.54, 1.807) is 18.2 Å². The van der Waals surface area contributed by atoms with Gasteiger partial charge in [-0.1, -0.05) is 246 Å². The van der Waals surface area contributed by atoms with Gasteiger partial charge < -0.3 is 39.4 Å². The molecule has 15 aromatic rings. The zero-order valence-electron chi connectivity index (χ0n) is 63.8. The number of phenols is 1. The standard InChI is InChI=1S/C58H48N2O2.C20H19NO.C18H12F2.CH2O3.3K/c1-41-21-29-47(30-22-41)59(48-31-23-42(2)24-32-48)51-17-11-19-53(37-51)61-57-40-58(56(46-15-9-6-10-16-46)39-55(57)45-13-7-5-8-14-45)62-54-20-12-18-52(38-54)60(49-33-25-43(3)26-34-49)50-35-27-44(4)28-36-50;1-15-6-10-17(11-7-15)21(18-12-8-16(2)9-13-18)19-4-3-5-20(22)14-19;19-17-12-18(20)16(14-9-5-2-6-10-14)11-15(17)13-7-3-1-4-8-13;2-1-4-3;;;/h5-40H,1-4H3;3-14,22H,1-2H3;1-12H;1,3H;;;/q;;;;;;+1/p-1. The molecule has 9 nitrogen and oxygen atoms in total. The van der Waals surface area contributed by atoms with E-state index in [0.29, 0.717) is 34.1 Å². The molecule has 0 heterocycles. The number of anilines is 9. The Labute approximate surface area is 738 Å². The van der Waals surface area contributed by atoms with E-state index in [9.17, 15) is 13.9 Å². The van der Waals surface area contributed by atoms with Crippen molar-refractivity contribution in [3.05, 3.63) is 409 Å². The molecule has 0 saturated heterocycles. The molecule has 15 aromatic carbocycles. The van der Waals surface area contributed by atoms with Crippen LogP contribution in [-0.2, 0) is 9.68 Å². The molecular formula is C97H80F2K3N3O6. The van der Waals surface area contributed by atoms with Crippen molar-refractivity contribution >= 4 is 121 Å². The number of aryl methyl sites for hydroxylation is 6. The van der Waals surface area contributed by atoms with Crippen molar-refractivity contribution in [1.29, 1.82) is 0 Å². The van der Waals surface area contributed by atoms with Crippen LogP contribution >= 0.6 is 0 Å². The second-order valence-electron chi connectivity index (χ2n) is 26.1. The van der Waals surface area contributed by atoms with Crippen LogP contribution in [-0.4, -0.2) is 74.7 Å². The number of hydrogen-bond acceptors (Lipinski definition) is 9. The SMILES string of the molecule is Cc1ccc(N(c2ccc(C)cc2)c2cccc(O)c2)cc1.Cc1ccc(N(c2ccc(C)cc2)c2cccc(Oc3cc(Oc4cccc(N(c5ccc(C)cc5)c5ccc(C)cc5)c4)c(-c4ccccc4)cc3-c3ccccc3)c2)cc1.Fc1cc(F)c(-c2ccccc2)cc1-c1ccccc1.O=CO[O-].[K+].[K][K]. The zero-order valence-corrected chi connectivity index (χ0v) is 73.2. The van der Waals surface area contributed by atoms with Gasteiger partial charge in [0, 0.05) is 104 Å². The number of hydrogen-bond donors (Lipinski definition) is 1. The summed E-state index contributed by atoms with van der Waals surface area (Å²) in [7, 11) is 0. The Balaban J connectivity index is 0.000000216. The van der Waals surface area contributed by atoms with Crippen molar-refractivity contribution in [2.24, 2.45) is 0 Å².